The van der Waals surface area contributed by atoms with Crippen LogP contribution in [0.4, 0.5) is 0 Å². The van der Waals surface area contributed by atoms with E-state index < -0.39 is 0 Å². The van der Waals surface area contributed by atoms with Crippen molar-refractivity contribution >= 4 is 11.6 Å². The molecule has 1 aromatic rings. The van der Waals surface area contributed by atoms with Crippen LogP contribution < -0.4 is 5.73 Å². The van der Waals surface area contributed by atoms with Gasteiger partial charge < -0.3 is 10.6 Å². The number of nitrogens with two attached hydrogens (primary N) is 1. The lowest BCUT2D eigenvalue weighted by Crippen LogP contribution is -2.59. The average molecular weight is 310 g/mol. The smallest absolute Gasteiger partial charge is 0.0406 e. The molecular weight excluding hydrogens is 282 g/mol. The lowest BCUT2D eigenvalue weighted by molar-refractivity contribution is 0.0466. The van der Waals surface area contributed by atoms with E-state index >= 15 is 0 Å². The van der Waals surface area contributed by atoms with Gasteiger partial charge in [0, 0.05) is 43.3 Å². The Hall–Kier alpha value is -0.610. The van der Waals surface area contributed by atoms with Gasteiger partial charge in [0.2, 0.25) is 0 Å². The molecule has 1 atom stereocenters. The molecule has 0 bridgehead atoms. The number of halogens is 1. The van der Waals surface area contributed by atoms with Crippen LogP contribution in [0.15, 0.2) is 24.3 Å². The fourth-order valence-electron chi connectivity index (χ4n) is 3.18. The van der Waals surface area contributed by atoms with Crippen LogP contribution in [-0.4, -0.2) is 54.6 Å². The quantitative estimate of drug-likeness (QED) is 0.877. The zero-order valence-corrected chi connectivity index (χ0v) is 14.1. The highest BCUT2D eigenvalue weighted by molar-refractivity contribution is 6.30. The van der Waals surface area contributed by atoms with Crippen LogP contribution in [0.2, 0.25) is 5.02 Å². The molecule has 21 heavy (non-hydrogen) atoms. The molecule has 1 heterocycles. The van der Waals surface area contributed by atoms with Crippen LogP contribution in [0.5, 0.6) is 0 Å². The van der Waals surface area contributed by atoms with E-state index in [4.69, 9.17) is 17.3 Å². The second-order valence-corrected chi connectivity index (χ2v) is 6.77. The van der Waals surface area contributed by atoms with Crippen LogP contribution in [0.25, 0.3) is 0 Å². The Bertz CT molecular complexity index is 426. The Balaban J connectivity index is 1.99. The highest BCUT2D eigenvalue weighted by atomic mass is 35.5. The molecule has 1 unspecified atom stereocenters. The minimum atomic E-state index is 0.0339. The molecule has 0 saturated carbocycles. The Morgan fingerprint density at radius 2 is 1.76 bits per heavy atom. The molecule has 4 heteroatoms. The van der Waals surface area contributed by atoms with Gasteiger partial charge in [-0.05, 0) is 44.0 Å². The topological polar surface area (TPSA) is 32.5 Å². The fraction of sp³-hybridized carbons (Fsp3) is 0.647. The van der Waals surface area contributed by atoms with Crippen molar-refractivity contribution in [3.63, 3.8) is 0 Å². The van der Waals surface area contributed by atoms with E-state index in [1.165, 1.54) is 18.5 Å². The first-order valence-electron chi connectivity index (χ1n) is 7.99. The Labute approximate surface area is 134 Å². The van der Waals surface area contributed by atoms with E-state index in [0.29, 0.717) is 6.54 Å². The Morgan fingerprint density at radius 3 is 2.29 bits per heavy atom. The van der Waals surface area contributed by atoms with Gasteiger partial charge in [-0.2, -0.15) is 0 Å². The molecule has 0 spiro atoms. The van der Waals surface area contributed by atoms with Crippen molar-refractivity contribution in [1.29, 1.82) is 0 Å². The molecule has 2 N–H and O–H groups in total. The van der Waals surface area contributed by atoms with E-state index in [2.05, 4.69) is 35.8 Å². The highest BCUT2D eigenvalue weighted by Crippen LogP contribution is 2.23. The summed E-state index contributed by atoms with van der Waals surface area (Å²) in [5.74, 6) is 0. The van der Waals surface area contributed by atoms with Gasteiger partial charge in [0.05, 0.1) is 0 Å². The van der Waals surface area contributed by atoms with Crippen LogP contribution in [0.1, 0.15) is 25.8 Å². The lowest BCUT2D eigenvalue weighted by Gasteiger charge is -2.45. The van der Waals surface area contributed by atoms with Gasteiger partial charge in [0.25, 0.3) is 0 Å². The summed E-state index contributed by atoms with van der Waals surface area (Å²) in [7, 11) is 0. The second-order valence-electron chi connectivity index (χ2n) is 6.33. The van der Waals surface area contributed by atoms with Crippen molar-refractivity contribution in [1.82, 2.24) is 9.80 Å². The van der Waals surface area contributed by atoms with Gasteiger partial charge in [0.1, 0.15) is 0 Å². The molecule has 1 aliphatic rings. The van der Waals surface area contributed by atoms with Gasteiger partial charge in [-0.3, -0.25) is 4.90 Å². The first-order chi connectivity index (χ1) is 10.1. The third-order valence-corrected chi connectivity index (χ3v) is 4.87. The number of hydrogen-bond acceptors (Lipinski definition) is 3. The third kappa shape index (κ3) is 4.43. The number of rotatable bonds is 6. The standard InChI is InChI=1S/C17H28ClN3/c1-3-8-20-9-11-21(12-10-20)17(2,14-19)13-15-4-6-16(18)7-5-15/h4-7H,3,8-14,19H2,1-2H3. The first-order valence-corrected chi connectivity index (χ1v) is 8.37. The van der Waals surface area contributed by atoms with Gasteiger partial charge in [-0.1, -0.05) is 30.7 Å². The number of nitrogens with zero attached hydrogens (tertiary/aromatic N) is 2. The lowest BCUT2D eigenvalue weighted by atomic mass is 9.90. The van der Waals surface area contributed by atoms with E-state index in [-0.39, 0.29) is 5.54 Å². The summed E-state index contributed by atoms with van der Waals surface area (Å²) in [4.78, 5) is 5.11. The summed E-state index contributed by atoms with van der Waals surface area (Å²) in [6, 6.07) is 8.16. The van der Waals surface area contributed by atoms with Gasteiger partial charge in [-0.25, -0.2) is 0 Å². The molecular formula is C17H28ClN3. The maximum atomic E-state index is 6.13. The Morgan fingerprint density at radius 1 is 1.14 bits per heavy atom. The summed E-state index contributed by atoms with van der Waals surface area (Å²) in [5.41, 5.74) is 7.47. The summed E-state index contributed by atoms with van der Waals surface area (Å²) >= 11 is 5.97. The molecule has 0 aliphatic carbocycles. The predicted octanol–water partition coefficient (Wildman–Crippen LogP) is 2.63. The number of piperazine rings is 1. The van der Waals surface area contributed by atoms with Crippen LogP contribution in [-0.2, 0) is 6.42 Å². The molecule has 118 valence electrons. The van der Waals surface area contributed by atoms with Crippen molar-refractivity contribution in [3.8, 4) is 0 Å². The normalized spacial score (nSPS) is 20.4. The zero-order chi connectivity index (χ0) is 15.3. The fourth-order valence-corrected chi connectivity index (χ4v) is 3.31. The molecule has 2 rings (SSSR count). The molecule has 0 amide bonds. The maximum Gasteiger partial charge on any atom is 0.0406 e. The molecule has 1 saturated heterocycles. The maximum absolute atomic E-state index is 6.13. The summed E-state index contributed by atoms with van der Waals surface area (Å²) in [6.07, 6.45) is 2.22. The largest absolute Gasteiger partial charge is 0.329 e. The summed E-state index contributed by atoms with van der Waals surface area (Å²) in [5, 5.41) is 0.793. The summed E-state index contributed by atoms with van der Waals surface area (Å²) < 4.78 is 0. The first kappa shape index (κ1) is 16.8. The van der Waals surface area contributed by atoms with E-state index in [0.717, 1.165) is 37.6 Å². The molecule has 0 aromatic heterocycles. The third-order valence-electron chi connectivity index (χ3n) is 4.61. The monoisotopic (exact) mass is 309 g/mol. The molecule has 1 fully saturated rings. The minimum absolute atomic E-state index is 0.0339. The van der Waals surface area contributed by atoms with Crippen molar-refractivity contribution in [3.05, 3.63) is 34.9 Å². The van der Waals surface area contributed by atoms with Crippen molar-refractivity contribution < 1.29 is 0 Å². The van der Waals surface area contributed by atoms with Gasteiger partial charge in [0.15, 0.2) is 0 Å². The van der Waals surface area contributed by atoms with Crippen molar-refractivity contribution in [2.45, 2.75) is 32.2 Å². The second kappa shape index (κ2) is 7.59. The molecule has 1 aromatic carbocycles. The van der Waals surface area contributed by atoms with E-state index in [1.807, 2.05) is 12.1 Å². The average Bonchev–Trinajstić information content (AvgIpc) is 2.50. The van der Waals surface area contributed by atoms with Crippen LogP contribution >= 0.6 is 11.6 Å². The summed E-state index contributed by atoms with van der Waals surface area (Å²) in [6.45, 7) is 11.0. The van der Waals surface area contributed by atoms with Gasteiger partial charge >= 0.3 is 0 Å². The number of hydrogen-bond donors (Lipinski definition) is 1. The van der Waals surface area contributed by atoms with Crippen molar-refractivity contribution in [2.75, 3.05) is 39.3 Å². The zero-order valence-electron chi connectivity index (χ0n) is 13.3. The Kier molecular flexibility index (Phi) is 6.06. The SMILES string of the molecule is CCCN1CCN(C(C)(CN)Cc2ccc(Cl)cc2)CC1. The number of benzene rings is 1. The molecule has 1 aliphatic heterocycles. The molecule has 0 radical (unpaired) electrons. The van der Waals surface area contributed by atoms with Crippen LogP contribution in [0, 0.1) is 0 Å². The van der Waals surface area contributed by atoms with Gasteiger partial charge in [-0.15, -0.1) is 0 Å². The van der Waals surface area contributed by atoms with E-state index in [9.17, 15) is 0 Å². The predicted molar refractivity (Wildman–Crippen MR) is 90.9 cm³/mol. The molecule has 3 nitrogen and oxygen atoms in total. The minimum Gasteiger partial charge on any atom is -0.329 e. The van der Waals surface area contributed by atoms with Crippen molar-refractivity contribution in [2.24, 2.45) is 5.73 Å². The highest BCUT2D eigenvalue weighted by Gasteiger charge is 2.32. The van der Waals surface area contributed by atoms with E-state index in [1.54, 1.807) is 0 Å². The van der Waals surface area contributed by atoms with Crippen LogP contribution in [0.3, 0.4) is 0 Å².